The Morgan fingerprint density at radius 1 is 0.337 bits per heavy atom. The first-order chi connectivity index (χ1) is 43.4. The first kappa shape index (κ1) is 54.3. The van der Waals surface area contributed by atoms with Crippen LogP contribution < -0.4 is 26.2 Å². The van der Waals surface area contributed by atoms with E-state index in [1.54, 1.807) is 0 Å². The van der Waals surface area contributed by atoms with E-state index >= 15 is 0 Å². The number of aromatic nitrogens is 2. The molecule has 2 aromatic heterocycles. The Bertz CT molecular complexity index is 4930. The molecule has 0 amide bonds. The predicted octanol–water partition coefficient (Wildman–Crippen LogP) is 20.9. The van der Waals surface area contributed by atoms with Gasteiger partial charge in [-0.05, 0) is 164 Å². The average Bonchev–Trinajstić information content (AvgIpc) is 1.27. The Morgan fingerprint density at radius 2 is 0.742 bits per heavy atom. The molecule has 0 saturated carbocycles. The summed E-state index contributed by atoms with van der Waals surface area (Å²) < 4.78 is 5.00. The molecule has 430 valence electrons. The Hall–Kier alpha value is -10.1. The third-order valence-electron chi connectivity index (χ3n) is 19.2. The van der Waals surface area contributed by atoms with Gasteiger partial charge in [0.15, 0.2) is 0 Å². The fraction of sp³-hybridized carbons (Fsp3) is 0.143. The van der Waals surface area contributed by atoms with Gasteiger partial charge in [0.2, 0.25) is 0 Å². The van der Waals surface area contributed by atoms with E-state index < -0.39 is 0 Å². The number of hydrogen-bond donors (Lipinski definition) is 0. The summed E-state index contributed by atoms with van der Waals surface area (Å²) in [5, 5.41) is 4.99. The molecule has 0 fully saturated rings. The number of aryl methyl sites for hydroxylation is 1. The van der Waals surface area contributed by atoms with Crippen LogP contribution in [-0.2, 0) is 17.3 Å². The zero-order chi connectivity index (χ0) is 60.3. The summed E-state index contributed by atoms with van der Waals surface area (Å²) in [6.45, 7) is 16.4. The van der Waals surface area contributed by atoms with Gasteiger partial charge in [0.1, 0.15) is 0 Å². The lowest BCUT2D eigenvalue weighted by Crippen LogP contribution is -2.61. The van der Waals surface area contributed by atoms with Crippen LogP contribution in [0.2, 0.25) is 0 Å². The van der Waals surface area contributed by atoms with Crippen LogP contribution >= 0.6 is 0 Å². The van der Waals surface area contributed by atoms with Crippen molar-refractivity contribution in [2.75, 3.05) is 9.80 Å². The molecule has 14 aromatic rings. The van der Waals surface area contributed by atoms with Crippen LogP contribution in [0.3, 0.4) is 0 Å². The van der Waals surface area contributed by atoms with Gasteiger partial charge in [-0.1, -0.05) is 237 Å². The van der Waals surface area contributed by atoms with Crippen molar-refractivity contribution in [3.63, 3.8) is 0 Å². The summed E-state index contributed by atoms with van der Waals surface area (Å²) >= 11 is 0. The number of para-hydroxylation sites is 4. The number of rotatable bonds is 10. The minimum atomic E-state index is -0.253. The normalized spacial score (nSPS) is 13.0. The second-order valence-electron chi connectivity index (χ2n) is 26.7. The van der Waals surface area contributed by atoms with E-state index in [9.17, 15) is 0 Å². The molecule has 2 aliphatic heterocycles. The van der Waals surface area contributed by atoms with E-state index in [2.05, 4.69) is 334 Å². The highest BCUT2D eigenvalue weighted by Gasteiger charge is 2.46. The zero-order valence-electron chi connectivity index (χ0n) is 51.9. The highest BCUT2D eigenvalue weighted by molar-refractivity contribution is 7.00. The molecular weight excluding hydrogens is 1080 g/mol. The van der Waals surface area contributed by atoms with Crippen molar-refractivity contribution in [3.05, 3.63) is 284 Å². The lowest BCUT2D eigenvalue weighted by molar-refractivity contribution is 0.590. The molecule has 5 heteroatoms. The summed E-state index contributed by atoms with van der Waals surface area (Å²) in [6.07, 6.45) is 3.10. The maximum Gasteiger partial charge on any atom is 0.252 e. The quantitative estimate of drug-likeness (QED) is 0.127. The van der Waals surface area contributed by atoms with E-state index in [4.69, 9.17) is 0 Å². The maximum atomic E-state index is 2.72. The molecule has 0 spiro atoms. The van der Waals surface area contributed by atoms with Crippen molar-refractivity contribution in [2.24, 2.45) is 0 Å². The van der Waals surface area contributed by atoms with Crippen molar-refractivity contribution in [1.29, 1.82) is 0 Å². The number of anilines is 6. The van der Waals surface area contributed by atoms with Crippen LogP contribution in [0.15, 0.2) is 267 Å². The molecule has 0 aliphatic carbocycles. The van der Waals surface area contributed by atoms with E-state index in [0.717, 1.165) is 36.3 Å². The van der Waals surface area contributed by atoms with Crippen molar-refractivity contribution in [2.45, 2.75) is 78.6 Å². The molecule has 0 radical (unpaired) electrons. The third kappa shape index (κ3) is 8.87. The first-order valence-corrected chi connectivity index (χ1v) is 31.9. The predicted molar refractivity (Wildman–Crippen MR) is 381 cm³/mol. The van der Waals surface area contributed by atoms with Crippen LogP contribution in [0.25, 0.3) is 88.4 Å². The van der Waals surface area contributed by atoms with Crippen LogP contribution in [0.5, 0.6) is 0 Å². The van der Waals surface area contributed by atoms with E-state index in [1.807, 2.05) is 0 Å². The molecule has 0 atom stereocenters. The number of unbranched alkanes of at least 4 members (excludes halogenated alkanes) is 1. The zero-order valence-corrected chi connectivity index (χ0v) is 51.9. The first-order valence-electron chi connectivity index (χ1n) is 31.9. The minimum Gasteiger partial charge on any atom is -0.311 e. The molecule has 89 heavy (non-hydrogen) atoms. The molecule has 12 aromatic carbocycles. The van der Waals surface area contributed by atoms with Crippen molar-refractivity contribution in [1.82, 2.24) is 9.13 Å². The standard InChI is InChI=1S/C84H71BN4/c1-8-9-27-59-48-58(55-28-13-10-14-29-55)42-47-72(59)88-77-53-62(86-73-38-23-19-34-64(73)65-35-20-24-39-74(65)86)43-45-70(77)85-71-46-44-63(87-75-40-25-21-36-66(75)67-37-22-26-41-76(67)87)54-78(71)89(80-52-61(84(5,6)7)51-79(88)81(80)85)82-68(56-30-15-11-16-31-56)49-60(83(2,3)4)50-69(82)57-32-17-12-18-33-57/h10-26,28-54H,8-9,27H2,1-7H3. The number of hydrogen-bond acceptors (Lipinski definition) is 2. The van der Waals surface area contributed by atoms with Crippen molar-refractivity contribution < 1.29 is 0 Å². The molecule has 0 unspecified atom stereocenters. The smallest absolute Gasteiger partial charge is 0.252 e. The van der Waals surface area contributed by atoms with Crippen LogP contribution in [0, 0.1) is 0 Å². The number of benzene rings is 12. The van der Waals surface area contributed by atoms with Crippen LogP contribution in [0.1, 0.15) is 78.0 Å². The Labute approximate surface area is 523 Å². The summed E-state index contributed by atoms with van der Waals surface area (Å²) in [5.74, 6) is 0. The van der Waals surface area contributed by atoms with Crippen LogP contribution in [0.4, 0.5) is 34.1 Å². The topological polar surface area (TPSA) is 16.3 Å². The minimum absolute atomic E-state index is 0.150. The molecular formula is C84H71BN4. The molecule has 0 N–H and O–H groups in total. The van der Waals surface area contributed by atoms with Gasteiger partial charge in [0, 0.05) is 72.5 Å². The highest BCUT2D eigenvalue weighted by Crippen LogP contribution is 2.53. The lowest BCUT2D eigenvalue weighted by Gasteiger charge is -2.46. The second kappa shape index (κ2) is 21.1. The largest absolute Gasteiger partial charge is 0.311 e. The molecule has 4 heterocycles. The third-order valence-corrected chi connectivity index (χ3v) is 19.2. The number of fused-ring (bicyclic) bond motifs is 10. The van der Waals surface area contributed by atoms with Gasteiger partial charge >= 0.3 is 0 Å². The Morgan fingerprint density at radius 3 is 1.19 bits per heavy atom. The van der Waals surface area contributed by atoms with Gasteiger partial charge in [-0.25, -0.2) is 0 Å². The summed E-state index contributed by atoms with van der Waals surface area (Å²) in [6, 6.07) is 101. The maximum absolute atomic E-state index is 2.72. The lowest BCUT2D eigenvalue weighted by atomic mass is 9.33. The van der Waals surface area contributed by atoms with Gasteiger partial charge in [0.05, 0.1) is 27.8 Å². The van der Waals surface area contributed by atoms with E-state index in [-0.39, 0.29) is 17.5 Å². The van der Waals surface area contributed by atoms with Gasteiger partial charge < -0.3 is 18.9 Å². The fourth-order valence-electron chi connectivity index (χ4n) is 14.7. The van der Waals surface area contributed by atoms with Crippen molar-refractivity contribution in [3.8, 4) is 44.8 Å². The summed E-state index contributed by atoms with van der Waals surface area (Å²) in [7, 11) is 0. The monoisotopic (exact) mass is 1150 g/mol. The highest BCUT2D eigenvalue weighted by atomic mass is 15.2. The summed E-state index contributed by atoms with van der Waals surface area (Å²) in [4.78, 5) is 5.42. The van der Waals surface area contributed by atoms with Crippen molar-refractivity contribution >= 4 is 101 Å². The Kier molecular flexibility index (Phi) is 12.9. The molecule has 0 saturated heterocycles. The second-order valence-corrected chi connectivity index (χ2v) is 26.7. The van der Waals surface area contributed by atoms with Gasteiger partial charge in [-0.3, -0.25) is 0 Å². The number of nitrogens with zero attached hydrogens (tertiary/aromatic N) is 4. The molecule has 2 aliphatic rings. The summed E-state index contributed by atoms with van der Waals surface area (Å²) in [5.41, 5.74) is 28.7. The Balaban J connectivity index is 1.07. The van der Waals surface area contributed by atoms with Gasteiger partial charge in [-0.15, -0.1) is 0 Å². The fourth-order valence-corrected chi connectivity index (χ4v) is 14.7. The molecule has 16 rings (SSSR count). The van der Waals surface area contributed by atoms with Gasteiger partial charge in [0.25, 0.3) is 6.71 Å². The molecule has 0 bridgehead atoms. The average molecular weight is 1150 g/mol. The SMILES string of the molecule is CCCCc1cc(-c2ccccc2)ccc1N1c2cc(-n3c4ccccc4c4ccccc43)ccc2B2c3ccc(-n4c5ccccc5c5ccccc54)cc3N(c3c(-c4ccccc4)cc(C(C)(C)C)cc3-c3ccccc3)c3cc(C(C)(C)C)cc1c32. The van der Waals surface area contributed by atoms with Crippen LogP contribution in [-0.4, -0.2) is 15.8 Å². The van der Waals surface area contributed by atoms with Gasteiger partial charge in [-0.2, -0.15) is 0 Å². The molecule has 4 nitrogen and oxygen atoms in total. The van der Waals surface area contributed by atoms with E-state index in [0.29, 0.717) is 0 Å². The van der Waals surface area contributed by atoms with E-state index in [1.165, 1.54) is 139 Å².